The number of carbonyl (C=O) groups is 1. The van der Waals surface area contributed by atoms with Gasteiger partial charge in [0.2, 0.25) is 5.91 Å². The van der Waals surface area contributed by atoms with E-state index in [1.54, 1.807) is 6.26 Å². The molecule has 96 valence electrons. The number of rotatable bonds is 5. The summed E-state index contributed by atoms with van der Waals surface area (Å²) in [4.78, 5) is 13.7. The second-order valence-electron chi connectivity index (χ2n) is 4.75. The molecule has 1 unspecified atom stereocenters. The van der Waals surface area contributed by atoms with Crippen LogP contribution < -0.4 is 5.32 Å². The molecule has 17 heavy (non-hydrogen) atoms. The first-order valence-electron chi connectivity index (χ1n) is 6.65. The van der Waals surface area contributed by atoms with Crippen LogP contribution in [-0.2, 0) is 9.53 Å². The lowest BCUT2D eigenvalue weighted by Crippen LogP contribution is -2.34. The smallest absolute Gasteiger partial charge is 0.223 e. The summed E-state index contributed by atoms with van der Waals surface area (Å²) in [7, 11) is 0. The van der Waals surface area contributed by atoms with Crippen LogP contribution in [0.5, 0.6) is 0 Å². The summed E-state index contributed by atoms with van der Waals surface area (Å²) in [6.07, 6.45) is 9.23. The Morgan fingerprint density at radius 1 is 1.41 bits per heavy atom. The molecule has 0 aromatic rings. The SMILES string of the molecule is O=C(CCNCC1CCC=CO1)N1CCCC1. The molecule has 0 aromatic heterocycles. The largest absolute Gasteiger partial charge is 0.497 e. The van der Waals surface area contributed by atoms with E-state index in [-0.39, 0.29) is 6.10 Å². The molecule has 2 aliphatic heterocycles. The van der Waals surface area contributed by atoms with Crippen molar-refractivity contribution in [3.63, 3.8) is 0 Å². The Morgan fingerprint density at radius 3 is 2.94 bits per heavy atom. The van der Waals surface area contributed by atoms with Crippen molar-refractivity contribution in [2.45, 2.75) is 38.2 Å². The summed E-state index contributed by atoms with van der Waals surface area (Å²) in [5.74, 6) is 0.291. The highest BCUT2D eigenvalue weighted by Gasteiger charge is 2.17. The third kappa shape index (κ3) is 4.04. The van der Waals surface area contributed by atoms with Crippen LogP contribution in [0.15, 0.2) is 12.3 Å². The summed E-state index contributed by atoms with van der Waals surface area (Å²) >= 11 is 0. The van der Waals surface area contributed by atoms with Gasteiger partial charge in [-0.05, 0) is 31.8 Å². The van der Waals surface area contributed by atoms with Crippen molar-refractivity contribution in [1.29, 1.82) is 0 Å². The maximum atomic E-state index is 11.7. The van der Waals surface area contributed by atoms with E-state index < -0.39 is 0 Å². The first-order chi connectivity index (χ1) is 8.36. The highest BCUT2D eigenvalue weighted by molar-refractivity contribution is 5.76. The number of likely N-dealkylation sites (tertiary alicyclic amines) is 1. The van der Waals surface area contributed by atoms with Crippen LogP contribution in [0.25, 0.3) is 0 Å². The van der Waals surface area contributed by atoms with Gasteiger partial charge in [0.15, 0.2) is 0 Å². The number of ether oxygens (including phenoxy) is 1. The van der Waals surface area contributed by atoms with E-state index in [1.165, 1.54) is 12.8 Å². The maximum absolute atomic E-state index is 11.7. The molecule has 1 N–H and O–H groups in total. The Hall–Kier alpha value is -1.03. The van der Waals surface area contributed by atoms with E-state index >= 15 is 0 Å². The van der Waals surface area contributed by atoms with Crippen molar-refractivity contribution in [2.24, 2.45) is 0 Å². The van der Waals surface area contributed by atoms with Gasteiger partial charge >= 0.3 is 0 Å². The van der Waals surface area contributed by atoms with Crippen molar-refractivity contribution < 1.29 is 9.53 Å². The Labute approximate surface area is 103 Å². The molecule has 0 aliphatic carbocycles. The summed E-state index contributed by atoms with van der Waals surface area (Å²) in [6.45, 7) is 3.52. The zero-order valence-electron chi connectivity index (χ0n) is 10.4. The molecule has 0 aromatic carbocycles. The van der Waals surface area contributed by atoms with Crippen LogP contribution in [0.3, 0.4) is 0 Å². The number of nitrogens with one attached hydrogen (secondary N) is 1. The Morgan fingerprint density at radius 2 is 2.24 bits per heavy atom. The fraction of sp³-hybridized carbons (Fsp3) is 0.769. The van der Waals surface area contributed by atoms with Crippen molar-refractivity contribution in [3.05, 3.63) is 12.3 Å². The van der Waals surface area contributed by atoms with Crippen LogP contribution in [0, 0.1) is 0 Å². The van der Waals surface area contributed by atoms with Crippen molar-refractivity contribution in [3.8, 4) is 0 Å². The van der Waals surface area contributed by atoms with E-state index in [1.807, 2.05) is 11.0 Å². The maximum Gasteiger partial charge on any atom is 0.223 e. The molecular weight excluding hydrogens is 216 g/mol. The van der Waals surface area contributed by atoms with Gasteiger partial charge < -0.3 is 15.0 Å². The third-order valence-corrected chi connectivity index (χ3v) is 3.37. The first-order valence-corrected chi connectivity index (χ1v) is 6.65. The molecule has 4 nitrogen and oxygen atoms in total. The van der Waals surface area contributed by atoms with Crippen LogP contribution in [-0.4, -0.2) is 43.1 Å². The Bertz CT molecular complexity index is 273. The number of hydrogen-bond acceptors (Lipinski definition) is 3. The third-order valence-electron chi connectivity index (χ3n) is 3.37. The number of carbonyl (C=O) groups excluding carboxylic acids is 1. The minimum Gasteiger partial charge on any atom is -0.497 e. The Kier molecular flexibility index (Phi) is 4.86. The van der Waals surface area contributed by atoms with E-state index in [2.05, 4.69) is 5.32 Å². The minimum atomic E-state index is 0.280. The molecule has 2 rings (SSSR count). The van der Waals surface area contributed by atoms with Crippen molar-refractivity contribution >= 4 is 5.91 Å². The molecule has 0 saturated carbocycles. The van der Waals surface area contributed by atoms with Crippen LogP contribution in [0.1, 0.15) is 32.1 Å². The second kappa shape index (κ2) is 6.64. The van der Waals surface area contributed by atoms with E-state index in [9.17, 15) is 4.79 Å². The molecule has 0 spiro atoms. The van der Waals surface area contributed by atoms with E-state index in [0.717, 1.165) is 39.0 Å². The average Bonchev–Trinajstić information content (AvgIpc) is 2.89. The molecule has 1 atom stereocenters. The molecule has 2 aliphatic rings. The zero-order chi connectivity index (χ0) is 11.9. The second-order valence-corrected chi connectivity index (χ2v) is 4.75. The standard InChI is InChI=1S/C13H22N2O2/c16-13(15-8-2-3-9-15)6-7-14-11-12-5-1-4-10-17-12/h4,10,12,14H,1-3,5-9,11H2. The number of allylic oxidation sites excluding steroid dienone is 1. The predicted octanol–water partition coefficient (Wildman–Crippen LogP) is 1.28. The van der Waals surface area contributed by atoms with Crippen LogP contribution >= 0.6 is 0 Å². The summed E-state index contributed by atoms with van der Waals surface area (Å²) < 4.78 is 5.45. The quantitative estimate of drug-likeness (QED) is 0.734. The van der Waals surface area contributed by atoms with E-state index in [4.69, 9.17) is 4.74 Å². The lowest BCUT2D eigenvalue weighted by Gasteiger charge is -2.20. The lowest BCUT2D eigenvalue weighted by molar-refractivity contribution is -0.130. The molecule has 4 heteroatoms. The average molecular weight is 238 g/mol. The van der Waals surface area contributed by atoms with Gasteiger partial charge in [-0.15, -0.1) is 0 Å². The fourth-order valence-electron chi connectivity index (χ4n) is 2.32. The highest BCUT2D eigenvalue weighted by Crippen LogP contribution is 2.10. The van der Waals surface area contributed by atoms with Crippen molar-refractivity contribution in [2.75, 3.05) is 26.2 Å². The monoisotopic (exact) mass is 238 g/mol. The number of amides is 1. The normalized spacial score (nSPS) is 23.8. The van der Waals surface area contributed by atoms with Gasteiger partial charge in [0.1, 0.15) is 6.10 Å². The summed E-state index contributed by atoms with van der Waals surface area (Å²) in [5, 5.41) is 3.30. The number of nitrogens with zero attached hydrogens (tertiary/aromatic N) is 1. The van der Waals surface area contributed by atoms with Gasteiger partial charge in [-0.2, -0.15) is 0 Å². The van der Waals surface area contributed by atoms with Gasteiger partial charge in [-0.25, -0.2) is 0 Å². The van der Waals surface area contributed by atoms with Gasteiger partial charge in [0.25, 0.3) is 0 Å². The van der Waals surface area contributed by atoms with Gasteiger partial charge in [0, 0.05) is 32.6 Å². The Balaban J connectivity index is 1.53. The van der Waals surface area contributed by atoms with Gasteiger partial charge in [-0.1, -0.05) is 0 Å². The number of hydrogen-bond donors (Lipinski definition) is 1. The first kappa shape index (κ1) is 12.4. The topological polar surface area (TPSA) is 41.6 Å². The molecular formula is C13H22N2O2. The summed E-state index contributed by atoms with van der Waals surface area (Å²) in [5.41, 5.74) is 0. The predicted molar refractivity (Wildman–Crippen MR) is 66.5 cm³/mol. The fourth-order valence-corrected chi connectivity index (χ4v) is 2.32. The highest BCUT2D eigenvalue weighted by atomic mass is 16.5. The van der Waals surface area contributed by atoms with Crippen molar-refractivity contribution in [1.82, 2.24) is 10.2 Å². The molecule has 2 heterocycles. The van der Waals surface area contributed by atoms with Gasteiger partial charge in [0.05, 0.1) is 6.26 Å². The minimum absolute atomic E-state index is 0.280. The summed E-state index contributed by atoms with van der Waals surface area (Å²) in [6, 6.07) is 0. The molecule has 1 saturated heterocycles. The molecule has 0 bridgehead atoms. The van der Waals surface area contributed by atoms with Crippen LogP contribution in [0.4, 0.5) is 0 Å². The molecule has 0 radical (unpaired) electrons. The lowest BCUT2D eigenvalue weighted by atomic mass is 10.1. The van der Waals surface area contributed by atoms with Crippen LogP contribution in [0.2, 0.25) is 0 Å². The molecule has 1 fully saturated rings. The zero-order valence-corrected chi connectivity index (χ0v) is 10.4. The van der Waals surface area contributed by atoms with E-state index in [0.29, 0.717) is 12.3 Å². The molecule has 1 amide bonds. The van der Waals surface area contributed by atoms with Gasteiger partial charge in [-0.3, -0.25) is 4.79 Å².